The molecule has 0 bridgehead atoms. The number of anilines is 2. The highest BCUT2D eigenvalue weighted by atomic mass is 16.6. The van der Waals surface area contributed by atoms with Gasteiger partial charge in [0.25, 0.3) is 11.8 Å². The number of cyclic esters (lactones) is 2. The fraction of sp³-hybridized carbons (Fsp3) is 0.133. The van der Waals surface area contributed by atoms with Gasteiger partial charge in [-0.15, -0.1) is 0 Å². The molecule has 0 fully saturated rings. The number of para-hydroxylation sites is 2. The highest BCUT2D eigenvalue weighted by molar-refractivity contribution is 6.36. The van der Waals surface area contributed by atoms with Gasteiger partial charge < -0.3 is 30.9 Å². The van der Waals surface area contributed by atoms with Gasteiger partial charge in [0.2, 0.25) is 0 Å². The molecule has 6 aliphatic rings. The number of imide groups is 1. The summed E-state index contributed by atoms with van der Waals surface area (Å²) < 4.78 is 5.02. The largest absolute Gasteiger partial charge is 0.508 e. The summed E-state index contributed by atoms with van der Waals surface area (Å²) in [5.74, 6) is -0.819. The minimum absolute atomic E-state index is 0.210. The Balaban J connectivity index is 0.000000130. The zero-order valence-corrected chi connectivity index (χ0v) is 38.2. The van der Waals surface area contributed by atoms with Gasteiger partial charge in [0.15, 0.2) is 0 Å². The molecule has 0 saturated carbocycles. The van der Waals surface area contributed by atoms with Crippen molar-refractivity contribution in [3.63, 3.8) is 0 Å². The van der Waals surface area contributed by atoms with Crippen LogP contribution in [0.25, 0.3) is 44.5 Å². The summed E-state index contributed by atoms with van der Waals surface area (Å²) in [6.45, 7) is 0. The first kappa shape index (κ1) is 43.3. The van der Waals surface area contributed by atoms with Gasteiger partial charge in [-0.3, -0.25) is 9.59 Å². The van der Waals surface area contributed by atoms with Crippen molar-refractivity contribution in [1.82, 2.24) is 0 Å². The Labute approximate surface area is 407 Å². The SMILES string of the molecule is Nc1ccccc1.O=C1OC(=O)c2c3c(c4c(c21)CCc1cc(O)ccc1-4)-c1ccc(O)cc1CC3.O=C1c2c3c(c4c(c2C(=O)N1c1ccccc1)CCc1cc(O)ccc1-4)-c1ccc(O)cc1CC3. The third-order valence-corrected chi connectivity index (χ3v) is 14.7. The molecule has 71 heavy (non-hydrogen) atoms. The average molecular weight is 937 g/mol. The van der Waals surface area contributed by atoms with E-state index >= 15 is 0 Å². The van der Waals surface area contributed by atoms with Gasteiger partial charge in [-0.1, -0.05) is 60.7 Å². The number of nitrogens with zero attached hydrogens (tertiary/aromatic N) is 1. The molecule has 2 heterocycles. The van der Waals surface area contributed by atoms with E-state index in [9.17, 15) is 39.6 Å². The van der Waals surface area contributed by atoms with Gasteiger partial charge in [-0.2, -0.15) is 0 Å². The van der Waals surface area contributed by atoms with Crippen LogP contribution in [-0.4, -0.2) is 44.2 Å². The fourth-order valence-corrected chi connectivity index (χ4v) is 11.7. The van der Waals surface area contributed by atoms with Crippen LogP contribution in [0.4, 0.5) is 11.4 Å². The molecule has 0 spiro atoms. The topological polar surface area (TPSA) is 188 Å². The number of fused-ring (bicyclic) bond motifs is 20. The number of aryl methyl sites for hydroxylation is 4. The summed E-state index contributed by atoms with van der Waals surface area (Å²) in [6, 6.07) is 40.0. The normalized spacial score (nSPS) is 14.8. The maximum atomic E-state index is 13.9. The number of carbonyl (C=O) groups is 4. The number of esters is 2. The van der Waals surface area contributed by atoms with E-state index in [1.54, 1.807) is 60.7 Å². The number of ether oxygens (including phenoxy) is 1. The lowest BCUT2D eigenvalue weighted by Crippen LogP contribution is -2.29. The lowest BCUT2D eigenvalue weighted by molar-refractivity contribution is 0.0442. The Hall–Kier alpha value is -8.96. The van der Waals surface area contributed by atoms with Crippen molar-refractivity contribution in [2.45, 2.75) is 51.4 Å². The summed E-state index contributed by atoms with van der Waals surface area (Å²) in [6.07, 6.45) is 5.10. The van der Waals surface area contributed by atoms with E-state index < -0.39 is 11.9 Å². The second-order valence-electron chi connectivity index (χ2n) is 18.6. The van der Waals surface area contributed by atoms with Gasteiger partial charge in [0, 0.05) is 5.69 Å². The number of phenols is 4. The monoisotopic (exact) mass is 936 g/mol. The van der Waals surface area contributed by atoms with Gasteiger partial charge in [0.1, 0.15) is 23.0 Å². The summed E-state index contributed by atoms with van der Waals surface area (Å²) >= 11 is 0. The predicted molar refractivity (Wildman–Crippen MR) is 269 cm³/mol. The Morgan fingerprint density at radius 1 is 0.366 bits per heavy atom. The Bertz CT molecular complexity index is 3460. The number of amides is 2. The van der Waals surface area contributed by atoms with Crippen molar-refractivity contribution < 1.29 is 44.3 Å². The maximum Gasteiger partial charge on any atom is 0.347 e. The molecule has 0 radical (unpaired) electrons. The molecule has 348 valence electrons. The number of phenolic OH excluding ortho intramolecular Hbond substituents is 4. The average Bonchev–Trinajstić information content (AvgIpc) is 3.83. The van der Waals surface area contributed by atoms with E-state index in [2.05, 4.69) is 0 Å². The van der Waals surface area contributed by atoms with Crippen molar-refractivity contribution in [3.8, 4) is 67.5 Å². The number of aromatic hydroxyl groups is 4. The zero-order valence-electron chi connectivity index (χ0n) is 38.2. The molecule has 2 aliphatic heterocycles. The van der Waals surface area contributed by atoms with Crippen molar-refractivity contribution in [2.24, 2.45) is 0 Å². The maximum absolute atomic E-state index is 13.9. The summed E-state index contributed by atoms with van der Waals surface area (Å²) in [5, 5.41) is 40.1. The molecule has 4 aliphatic carbocycles. The molecular weight excluding hydrogens is 893 g/mol. The second kappa shape index (κ2) is 16.6. The second-order valence-corrected chi connectivity index (χ2v) is 18.6. The highest BCUT2D eigenvalue weighted by Gasteiger charge is 2.45. The van der Waals surface area contributed by atoms with Crippen LogP contribution in [0.2, 0.25) is 0 Å². The summed E-state index contributed by atoms with van der Waals surface area (Å²) in [5.41, 5.74) is 23.9. The number of benzene rings is 8. The Morgan fingerprint density at radius 3 is 0.986 bits per heavy atom. The smallest absolute Gasteiger partial charge is 0.347 e. The lowest BCUT2D eigenvalue weighted by atomic mass is 9.72. The quantitative estimate of drug-likeness (QED) is 0.0459. The van der Waals surface area contributed by atoms with E-state index in [0.717, 1.165) is 94.7 Å². The summed E-state index contributed by atoms with van der Waals surface area (Å²) in [4.78, 5) is 54.2. The number of nitrogen functional groups attached to an aromatic ring is 1. The Morgan fingerprint density at radius 2 is 0.676 bits per heavy atom. The minimum atomic E-state index is -0.567. The molecule has 0 saturated heterocycles. The first-order valence-corrected chi connectivity index (χ1v) is 23.7. The van der Waals surface area contributed by atoms with Crippen molar-refractivity contribution in [3.05, 3.63) is 200 Å². The van der Waals surface area contributed by atoms with Crippen LogP contribution in [0.3, 0.4) is 0 Å². The fourth-order valence-electron chi connectivity index (χ4n) is 11.7. The third-order valence-electron chi connectivity index (χ3n) is 14.7. The molecular formula is C60H44N2O9. The number of nitrogens with two attached hydrogens (primary N) is 1. The molecule has 14 rings (SSSR count). The van der Waals surface area contributed by atoms with Gasteiger partial charge in [-0.05, 0) is 213 Å². The van der Waals surface area contributed by atoms with E-state index in [-0.39, 0.29) is 34.8 Å². The third kappa shape index (κ3) is 6.94. The van der Waals surface area contributed by atoms with Crippen LogP contribution >= 0.6 is 0 Å². The zero-order chi connectivity index (χ0) is 48.8. The van der Waals surface area contributed by atoms with Crippen LogP contribution < -0.4 is 10.6 Å². The molecule has 11 nitrogen and oxygen atoms in total. The van der Waals surface area contributed by atoms with Gasteiger partial charge in [-0.25, -0.2) is 14.5 Å². The predicted octanol–water partition coefficient (Wildman–Crippen LogP) is 10.6. The van der Waals surface area contributed by atoms with Crippen molar-refractivity contribution in [1.29, 1.82) is 0 Å². The molecule has 2 amide bonds. The number of carbonyl (C=O) groups excluding carboxylic acids is 4. The molecule has 11 heteroatoms. The molecule has 8 aromatic carbocycles. The number of hydrogen-bond donors (Lipinski definition) is 5. The van der Waals surface area contributed by atoms with E-state index in [1.165, 1.54) is 4.90 Å². The minimum Gasteiger partial charge on any atom is -0.508 e. The summed E-state index contributed by atoms with van der Waals surface area (Å²) in [7, 11) is 0. The van der Waals surface area contributed by atoms with Crippen molar-refractivity contribution in [2.75, 3.05) is 10.6 Å². The Kier molecular flexibility index (Phi) is 10.1. The number of rotatable bonds is 1. The van der Waals surface area contributed by atoms with Gasteiger partial charge in [0.05, 0.1) is 27.9 Å². The van der Waals surface area contributed by atoms with Crippen molar-refractivity contribution >= 4 is 35.1 Å². The van der Waals surface area contributed by atoms with E-state index in [1.807, 2.05) is 72.8 Å². The molecule has 0 unspecified atom stereocenters. The molecule has 0 atom stereocenters. The molecule has 6 N–H and O–H groups in total. The first-order valence-electron chi connectivity index (χ1n) is 23.7. The molecule has 8 aromatic rings. The lowest BCUT2D eigenvalue weighted by Gasteiger charge is -2.30. The highest BCUT2D eigenvalue weighted by Crippen LogP contribution is 2.53. The van der Waals surface area contributed by atoms with E-state index in [0.29, 0.717) is 79.3 Å². The van der Waals surface area contributed by atoms with Gasteiger partial charge >= 0.3 is 11.9 Å². The molecule has 0 aromatic heterocycles. The standard InChI is InChI=1S/C30H21NO4.C24H16O5.C6H7N/c32-19-8-12-21-16(14-19)6-10-23-25(21)26-22-13-9-20(33)15-17(22)7-11-24(26)28-27(23)29(34)31(30(28)35)18-4-2-1-3-5-18;25-13-3-7-15-11(9-13)1-5-17-19(15)20-16-8-4-14(26)10-12(16)2-6-18(20)22-21(17)23(27)29-24(22)28;7-6-4-2-1-3-5-6/h1-5,8-9,12-15,32-33H,6-7,10-11H2;3-4,7-10,25-26H,1-2,5-6H2;1-5H,7H2. The van der Waals surface area contributed by atoms with Crippen LogP contribution in [-0.2, 0) is 56.1 Å². The first-order chi connectivity index (χ1) is 34.4. The van der Waals surface area contributed by atoms with E-state index in [4.69, 9.17) is 10.5 Å². The van der Waals surface area contributed by atoms with Crippen LogP contribution in [0.1, 0.15) is 85.9 Å². The van der Waals surface area contributed by atoms with Crippen LogP contribution in [0, 0.1) is 0 Å². The number of hydrogen-bond acceptors (Lipinski definition) is 10. The van der Waals surface area contributed by atoms with Crippen LogP contribution in [0.5, 0.6) is 23.0 Å². The van der Waals surface area contributed by atoms with Crippen LogP contribution in [0.15, 0.2) is 133 Å².